The number of nitrogens with one attached hydrogen (secondary N) is 2. The Balaban J connectivity index is 2.33. The zero-order valence-electron chi connectivity index (χ0n) is 9.39. The molecule has 0 fully saturated rings. The van der Waals surface area contributed by atoms with E-state index in [1.54, 1.807) is 11.3 Å². The van der Waals surface area contributed by atoms with Crippen LogP contribution in [-0.4, -0.2) is 17.6 Å². The van der Waals surface area contributed by atoms with Crippen molar-refractivity contribution in [3.63, 3.8) is 0 Å². The molecule has 0 radical (unpaired) electrons. The largest absolute Gasteiger partial charge is 0.338 e. The highest BCUT2D eigenvalue weighted by Gasteiger charge is 2.04. The Morgan fingerprint density at radius 1 is 1.40 bits per heavy atom. The van der Waals surface area contributed by atoms with Gasteiger partial charge in [-0.3, -0.25) is 0 Å². The third-order valence-electron chi connectivity index (χ3n) is 2.01. The Morgan fingerprint density at radius 2 is 2.13 bits per heavy atom. The van der Waals surface area contributed by atoms with E-state index in [9.17, 15) is 4.79 Å². The number of rotatable bonds is 4. The second kappa shape index (κ2) is 5.70. The van der Waals surface area contributed by atoms with Gasteiger partial charge < -0.3 is 10.6 Å². The third-order valence-corrected chi connectivity index (χ3v) is 3.08. The molecule has 1 rings (SSSR count). The first-order valence-electron chi connectivity index (χ1n) is 5.08. The van der Waals surface area contributed by atoms with Crippen LogP contribution < -0.4 is 10.6 Å². The quantitative estimate of drug-likeness (QED) is 0.826. The molecule has 0 aliphatic rings. The number of hydrogen-bond acceptors (Lipinski definition) is 3. The summed E-state index contributed by atoms with van der Waals surface area (Å²) >= 11 is 1.63. The van der Waals surface area contributed by atoms with Crippen LogP contribution in [0.5, 0.6) is 0 Å². The van der Waals surface area contributed by atoms with Crippen molar-refractivity contribution >= 4 is 17.4 Å². The van der Waals surface area contributed by atoms with E-state index in [0.717, 1.165) is 17.1 Å². The van der Waals surface area contributed by atoms with Crippen molar-refractivity contribution in [1.29, 1.82) is 0 Å². The number of amides is 2. The van der Waals surface area contributed by atoms with Gasteiger partial charge in [0.15, 0.2) is 0 Å². The molecule has 0 unspecified atom stereocenters. The van der Waals surface area contributed by atoms with Gasteiger partial charge in [-0.25, -0.2) is 9.78 Å². The number of hydrogen-bond donors (Lipinski definition) is 2. The number of aromatic nitrogens is 1. The Morgan fingerprint density at radius 3 is 2.67 bits per heavy atom. The van der Waals surface area contributed by atoms with Crippen LogP contribution in [0.4, 0.5) is 4.79 Å². The molecule has 5 heteroatoms. The molecule has 1 aromatic rings. The van der Waals surface area contributed by atoms with Crippen molar-refractivity contribution in [2.45, 2.75) is 33.7 Å². The van der Waals surface area contributed by atoms with Crippen molar-refractivity contribution < 1.29 is 4.79 Å². The molecule has 0 atom stereocenters. The molecule has 15 heavy (non-hydrogen) atoms. The molecule has 0 bridgehead atoms. The fourth-order valence-corrected chi connectivity index (χ4v) is 1.95. The molecule has 2 N–H and O–H groups in total. The number of thiazole rings is 1. The van der Waals surface area contributed by atoms with E-state index in [2.05, 4.69) is 15.6 Å². The molecular formula is C10H17N3OS. The van der Waals surface area contributed by atoms with Gasteiger partial charge >= 0.3 is 6.03 Å². The Hall–Kier alpha value is -1.10. The molecule has 0 saturated carbocycles. The minimum Gasteiger partial charge on any atom is -0.338 e. The van der Waals surface area contributed by atoms with Crippen molar-refractivity contribution in [2.24, 2.45) is 0 Å². The van der Waals surface area contributed by atoms with E-state index >= 15 is 0 Å². The monoisotopic (exact) mass is 227 g/mol. The van der Waals surface area contributed by atoms with E-state index in [1.165, 1.54) is 4.88 Å². The number of nitrogens with zero attached hydrogens (tertiary/aromatic N) is 1. The minimum absolute atomic E-state index is 0.123. The number of urea groups is 1. The van der Waals surface area contributed by atoms with E-state index in [4.69, 9.17) is 0 Å². The fourth-order valence-electron chi connectivity index (χ4n) is 1.07. The van der Waals surface area contributed by atoms with E-state index < -0.39 is 0 Å². The van der Waals surface area contributed by atoms with Crippen molar-refractivity contribution in [2.75, 3.05) is 6.54 Å². The predicted octanol–water partition coefficient (Wildman–Crippen LogP) is 1.97. The van der Waals surface area contributed by atoms with Crippen molar-refractivity contribution in [1.82, 2.24) is 15.6 Å². The molecule has 0 aliphatic heterocycles. The highest BCUT2D eigenvalue weighted by molar-refractivity contribution is 7.11. The summed E-state index contributed by atoms with van der Waals surface area (Å²) in [4.78, 5) is 16.8. The third kappa shape index (κ3) is 3.87. The zero-order chi connectivity index (χ0) is 11.3. The van der Waals surface area contributed by atoms with Crippen LogP contribution in [-0.2, 0) is 6.54 Å². The average molecular weight is 227 g/mol. The van der Waals surface area contributed by atoms with Gasteiger partial charge in [-0.15, -0.1) is 11.3 Å². The number of carbonyl (C=O) groups excluding carboxylic acids is 1. The zero-order valence-corrected chi connectivity index (χ0v) is 10.2. The first-order valence-corrected chi connectivity index (χ1v) is 5.89. The molecule has 0 aliphatic carbocycles. The van der Waals surface area contributed by atoms with Crippen LogP contribution in [0, 0.1) is 13.8 Å². The lowest BCUT2D eigenvalue weighted by molar-refractivity contribution is 0.240. The maximum Gasteiger partial charge on any atom is 0.315 e. The maximum atomic E-state index is 11.2. The Kier molecular flexibility index (Phi) is 4.55. The van der Waals surface area contributed by atoms with Gasteiger partial charge in [-0.2, -0.15) is 0 Å². The lowest BCUT2D eigenvalue weighted by Gasteiger charge is -2.03. The molecule has 0 aromatic carbocycles. The van der Waals surface area contributed by atoms with Crippen LogP contribution in [0.15, 0.2) is 0 Å². The number of carbonyl (C=O) groups is 1. The molecule has 1 aromatic heterocycles. The number of aryl methyl sites for hydroxylation is 2. The smallest absolute Gasteiger partial charge is 0.315 e. The summed E-state index contributed by atoms with van der Waals surface area (Å²) in [5.74, 6) is 0. The van der Waals surface area contributed by atoms with E-state index in [0.29, 0.717) is 13.1 Å². The molecule has 0 saturated heterocycles. The Bertz CT molecular complexity index is 316. The molecular weight excluding hydrogens is 210 g/mol. The molecule has 2 amide bonds. The maximum absolute atomic E-state index is 11.2. The van der Waals surface area contributed by atoms with E-state index in [-0.39, 0.29) is 6.03 Å². The highest BCUT2D eigenvalue weighted by Crippen LogP contribution is 2.15. The second-order valence-corrected chi connectivity index (χ2v) is 4.65. The summed E-state index contributed by atoms with van der Waals surface area (Å²) in [5.41, 5.74) is 1.05. The minimum atomic E-state index is -0.123. The molecule has 1 heterocycles. The van der Waals surface area contributed by atoms with Gasteiger partial charge in [-0.1, -0.05) is 6.92 Å². The predicted molar refractivity (Wildman–Crippen MR) is 62.1 cm³/mol. The summed E-state index contributed by atoms with van der Waals surface area (Å²) < 4.78 is 0. The molecule has 84 valence electrons. The van der Waals surface area contributed by atoms with Crippen LogP contribution in [0.25, 0.3) is 0 Å². The van der Waals surface area contributed by atoms with Gasteiger partial charge in [-0.05, 0) is 20.3 Å². The normalized spacial score (nSPS) is 10.1. The van der Waals surface area contributed by atoms with Crippen LogP contribution >= 0.6 is 11.3 Å². The summed E-state index contributed by atoms with van der Waals surface area (Å²) in [7, 11) is 0. The summed E-state index contributed by atoms with van der Waals surface area (Å²) in [6.45, 7) is 7.25. The lowest BCUT2D eigenvalue weighted by atomic mass is 10.4. The first kappa shape index (κ1) is 12.0. The molecule has 4 nitrogen and oxygen atoms in total. The van der Waals surface area contributed by atoms with Crippen molar-refractivity contribution in [3.8, 4) is 0 Å². The van der Waals surface area contributed by atoms with E-state index in [1.807, 2.05) is 20.8 Å². The van der Waals surface area contributed by atoms with Gasteiger partial charge in [0, 0.05) is 11.4 Å². The summed E-state index contributed by atoms with van der Waals surface area (Å²) in [5, 5.41) is 6.48. The average Bonchev–Trinajstić information content (AvgIpc) is 2.52. The summed E-state index contributed by atoms with van der Waals surface area (Å²) in [6.07, 6.45) is 0.947. The van der Waals surface area contributed by atoms with Crippen LogP contribution in [0.3, 0.4) is 0 Å². The van der Waals surface area contributed by atoms with Gasteiger partial charge in [0.1, 0.15) is 5.01 Å². The lowest BCUT2D eigenvalue weighted by Crippen LogP contribution is -2.35. The summed E-state index contributed by atoms with van der Waals surface area (Å²) in [6, 6.07) is -0.123. The van der Waals surface area contributed by atoms with Crippen LogP contribution in [0.2, 0.25) is 0 Å². The van der Waals surface area contributed by atoms with Gasteiger partial charge in [0.05, 0.1) is 12.2 Å². The fraction of sp³-hybridized carbons (Fsp3) is 0.600. The van der Waals surface area contributed by atoms with Gasteiger partial charge in [0.2, 0.25) is 0 Å². The SMILES string of the molecule is CCCNC(=O)NCc1nc(C)c(C)s1. The van der Waals surface area contributed by atoms with Crippen LogP contribution in [0.1, 0.15) is 28.9 Å². The standard InChI is InChI=1S/C10H17N3OS/c1-4-5-11-10(14)12-6-9-13-7(2)8(3)15-9/h4-6H2,1-3H3,(H2,11,12,14). The topological polar surface area (TPSA) is 54.0 Å². The molecule has 0 spiro atoms. The Labute approximate surface area is 94.1 Å². The first-order chi connectivity index (χ1) is 7.13. The second-order valence-electron chi connectivity index (χ2n) is 3.36. The highest BCUT2D eigenvalue weighted by atomic mass is 32.1. The van der Waals surface area contributed by atoms with Gasteiger partial charge in [0.25, 0.3) is 0 Å². The van der Waals surface area contributed by atoms with Crippen molar-refractivity contribution in [3.05, 3.63) is 15.6 Å².